The molecule has 7 heteroatoms. The van der Waals surface area contributed by atoms with E-state index in [1.165, 1.54) is 16.5 Å². The molecule has 0 unspecified atom stereocenters. The van der Waals surface area contributed by atoms with Crippen LogP contribution < -0.4 is 16.2 Å². The molecule has 31 heavy (non-hydrogen) atoms. The Balaban J connectivity index is 1.44. The van der Waals surface area contributed by atoms with E-state index in [-0.39, 0.29) is 11.7 Å². The summed E-state index contributed by atoms with van der Waals surface area (Å²) in [5, 5.41) is 7.79. The third kappa shape index (κ3) is 3.70. The number of benzene rings is 2. The molecule has 2 aromatic carbocycles. The number of guanidine groups is 1. The van der Waals surface area contributed by atoms with Gasteiger partial charge < -0.3 is 10.3 Å². The molecule has 156 valence electrons. The molecular formula is C24H24N6O. The van der Waals surface area contributed by atoms with Gasteiger partial charge in [-0.15, -0.1) is 0 Å². The first-order chi connectivity index (χ1) is 15.1. The second-order valence-corrected chi connectivity index (χ2v) is 7.85. The van der Waals surface area contributed by atoms with E-state index in [0.717, 1.165) is 17.5 Å². The molecule has 1 aliphatic rings. The first-order valence-electron chi connectivity index (χ1n) is 10.4. The highest BCUT2D eigenvalue weighted by Crippen LogP contribution is 2.22. The van der Waals surface area contributed by atoms with Crippen molar-refractivity contribution >= 4 is 22.8 Å². The van der Waals surface area contributed by atoms with Gasteiger partial charge >= 0.3 is 0 Å². The van der Waals surface area contributed by atoms with Crippen molar-refractivity contribution in [3.8, 4) is 0 Å². The summed E-state index contributed by atoms with van der Waals surface area (Å²) in [5.74, 6) is 1.11. The lowest BCUT2D eigenvalue weighted by molar-refractivity contribution is 0.515. The number of hydrogen-bond donors (Lipinski definition) is 3. The first-order valence-corrected chi connectivity index (χ1v) is 10.4. The Hall–Kier alpha value is -3.87. The van der Waals surface area contributed by atoms with E-state index in [4.69, 9.17) is 4.99 Å². The Morgan fingerprint density at radius 3 is 2.74 bits per heavy atom. The van der Waals surface area contributed by atoms with Crippen molar-refractivity contribution in [2.75, 3.05) is 11.9 Å². The fourth-order valence-electron chi connectivity index (χ4n) is 3.97. The third-order valence-electron chi connectivity index (χ3n) is 5.56. The maximum absolute atomic E-state index is 12.7. The molecule has 3 heterocycles. The van der Waals surface area contributed by atoms with Gasteiger partial charge in [0.1, 0.15) is 6.17 Å². The van der Waals surface area contributed by atoms with Gasteiger partial charge in [-0.1, -0.05) is 48.0 Å². The molecule has 0 amide bonds. The van der Waals surface area contributed by atoms with Gasteiger partial charge in [-0.2, -0.15) is 0 Å². The summed E-state index contributed by atoms with van der Waals surface area (Å²) in [5.41, 5.74) is 5.07. The quantitative estimate of drug-likeness (QED) is 0.479. The summed E-state index contributed by atoms with van der Waals surface area (Å²) in [4.78, 5) is 25.3. The van der Waals surface area contributed by atoms with E-state index < -0.39 is 0 Å². The van der Waals surface area contributed by atoms with Crippen molar-refractivity contribution in [1.82, 2.24) is 19.9 Å². The summed E-state index contributed by atoms with van der Waals surface area (Å²) in [6.07, 6.45) is 2.48. The van der Waals surface area contributed by atoms with E-state index in [1.807, 2.05) is 56.4 Å². The van der Waals surface area contributed by atoms with Crippen molar-refractivity contribution in [1.29, 1.82) is 0 Å². The van der Waals surface area contributed by atoms with Gasteiger partial charge in [0.05, 0.1) is 0 Å². The summed E-state index contributed by atoms with van der Waals surface area (Å²) in [6, 6.07) is 17.9. The molecule has 1 atom stereocenters. The van der Waals surface area contributed by atoms with Gasteiger partial charge in [0.15, 0.2) is 5.96 Å². The molecule has 3 N–H and O–H groups in total. The van der Waals surface area contributed by atoms with Crippen LogP contribution in [0.3, 0.4) is 0 Å². The van der Waals surface area contributed by atoms with Crippen LogP contribution in [0.1, 0.15) is 28.6 Å². The second-order valence-electron chi connectivity index (χ2n) is 7.85. The zero-order chi connectivity index (χ0) is 21.4. The van der Waals surface area contributed by atoms with Crippen molar-refractivity contribution in [2.24, 2.45) is 4.99 Å². The monoisotopic (exact) mass is 412 g/mol. The lowest BCUT2D eigenvalue weighted by Gasteiger charge is -2.31. The van der Waals surface area contributed by atoms with E-state index in [0.29, 0.717) is 24.1 Å². The van der Waals surface area contributed by atoms with Crippen molar-refractivity contribution in [2.45, 2.75) is 26.4 Å². The van der Waals surface area contributed by atoms with Crippen molar-refractivity contribution in [3.05, 3.63) is 93.5 Å². The molecule has 5 rings (SSSR count). The standard InChI is InChI=1S/C24H24N6O/c1-15-7-9-17(10-8-15)22-28-23(29-24-27-16(2)13-21(31)30(22)24)25-12-11-18-14-26-20-6-4-3-5-19(18)20/h3-10,13-14,22,26H,11-12H2,1-2H3,(H2,25,27,28,29)/t22-/m1/s1. The number of aromatic amines is 1. The highest BCUT2D eigenvalue weighted by Gasteiger charge is 2.26. The molecular weight excluding hydrogens is 388 g/mol. The Bertz CT molecular complexity index is 1330. The number of rotatable bonds is 4. The van der Waals surface area contributed by atoms with Crippen LogP contribution in [0.15, 0.2) is 70.6 Å². The number of aromatic nitrogens is 3. The van der Waals surface area contributed by atoms with Gasteiger partial charge in [-0.3, -0.25) is 19.7 Å². The average Bonchev–Trinajstić information content (AvgIpc) is 3.16. The predicted molar refractivity (Wildman–Crippen MR) is 124 cm³/mol. The molecule has 2 aromatic heterocycles. The molecule has 0 radical (unpaired) electrons. The fraction of sp³-hybridized carbons (Fsp3) is 0.208. The lowest BCUT2D eigenvalue weighted by atomic mass is 10.1. The molecule has 0 spiro atoms. The highest BCUT2D eigenvalue weighted by atomic mass is 16.1. The van der Waals surface area contributed by atoms with E-state index in [9.17, 15) is 4.79 Å². The average molecular weight is 412 g/mol. The maximum Gasteiger partial charge on any atom is 0.257 e. The molecule has 1 aliphatic heterocycles. The number of aryl methyl sites for hydroxylation is 2. The van der Waals surface area contributed by atoms with Crippen LogP contribution in [0.25, 0.3) is 10.9 Å². The zero-order valence-electron chi connectivity index (χ0n) is 17.5. The number of para-hydroxylation sites is 1. The minimum atomic E-state index is -0.371. The smallest absolute Gasteiger partial charge is 0.257 e. The van der Waals surface area contributed by atoms with Crippen LogP contribution in [-0.4, -0.2) is 27.0 Å². The summed E-state index contributed by atoms with van der Waals surface area (Å²) >= 11 is 0. The van der Waals surface area contributed by atoms with Crippen LogP contribution in [-0.2, 0) is 6.42 Å². The third-order valence-corrected chi connectivity index (χ3v) is 5.56. The summed E-state index contributed by atoms with van der Waals surface area (Å²) in [6.45, 7) is 4.47. The molecule has 0 bridgehead atoms. The Kier molecular flexibility index (Phi) is 4.78. The molecule has 0 fully saturated rings. The minimum absolute atomic E-state index is 0.106. The summed E-state index contributed by atoms with van der Waals surface area (Å²) in [7, 11) is 0. The molecule has 0 aliphatic carbocycles. The van der Waals surface area contributed by atoms with Crippen molar-refractivity contribution in [3.63, 3.8) is 0 Å². The summed E-state index contributed by atoms with van der Waals surface area (Å²) < 4.78 is 1.64. The molecule has 0 saturated carbocycles. The second kappa shape index (κ2) is 7.75. The number of hydrogen-bond acceptors (Lipinski definition) is 3. The van der Waals surface area contributed by atoms with Crippen LogP contribution in [0.5, 0.6) is 0 Å². The van der Waals surface area contributed by atoms with Gasteiger partial charge in [-0.25, -0.2) is 4.98 Å². The van der Waals surface area contributed by atoms with Gasteiger partial charge in [-0.05, 0) is 37.5 Å². The van der Waals surface area contributed by atoms with Crippen LogP contribution in [0.4, 0.5) is 5.95 Å². The number of H-pyrrole nitrogens is 1. The van der Waals surface area contributed by atoms with E-state index in [1.54, 1.807) is 10.6 Å². The zero-order valence-corrected chi connectivity index (χ0v) is 17.5. The molecule has 7 nitrogen and oxygen atoms in total. The largest absolute Gasteiger partial charge is 0.361 e. The molecule has 0 saturated heterocycles. The fourth-order valence-corrected chi connectivity index (χ4v) is 3.97. The number of anilines is 1. The topological polar surface area (TPSA) is 87.1 Å². The number of fused-ring (bicyclic) bond motifs is 2. The first kappa shape index (κ1) is 19.1. The predicted octanol–water partition coefficient (Wildman–Crippen LogP) is 3.50. The number of aliphatic imine (C=N–C) groups is 1. The number of nitrogens with zero attached hydrogens (tertiary/aromatic N) is 3. The van der Waals surface area contributed by atoms with Crippen LogP contribution in [0, 0.1) is 13.8 Å². The Morgan fingerprint density at radius 1 is 1.10 bits per heavy atom. The highest BCUT2D eigenvalue weighted by molar-refractivity contribution is 5.93. The van der Waals surface area contributed by atoms with Gasteiger partial charge in [0.2, 0.25) is 5.95 Å². The Labute approximate surface area is 179 Å². The normalized spacial score (nSPS) is 16.7. The van der Waals surface area contributed by atoms with Gasteiger partial charge in [0, 0.05) is 35.4 Å². The number of nitrogens with one attached hydrogen (secondary N) is 3. The molecule has 4 aromatic rings. The minimum Gasteiger partial charge on any atom is -0.361 e. The SMILES string of the molecule is Cc1ccc([C@@H]2NC(=NCCc3c[nH]c4ccccc34)Nc3nc(C)cc(=O)n32)cc1. The van der Waals surface area contributed by atoms with Crippen LogP contribution >= 0.6 is 0 Å². The lowest BCUT2D eigenvalue weighted by Crippen LogP contribution is -2.48. The van der Waals surface area contributed by atoms with E-state index >= 15 is 0 Å². The van der Waals surface area contributed by atoms with Crippen LogP contribution in [0.2, 0.25) is 0 Å². The van der Waals surface area contributed by atoms with Gasteiger partial charge in [0.25, 0.3) is 5.56 Å². The van der Waals surface area contributed by atoms with E-state index in [2.05, 4.69) is 32.7 Å². The Morgan fingerprint density at radius 2 is 1.90 bits per heavy atom. The van der Waals surface area contributed by atoms with Crippen molar-refractivity contribution < 1.29 is 0 Å². The maximum atomic E-state index is 12.7.